The molecule has 1 saturated heterocycles. The topological polar surface area (TPSA) is 38.5 Å². The first-order valence-corrected chi connectivity index (χ1v) is 7.70. The molecule has 0 radical (unpaired) electrons. The van der Waals surface area contributed by atoms with Crippen LogP contribution in [-0.2, 0) is 11.2 Å². The van der Waals surface area contributed by atoms with E-state index in [9.17, 15) is 8.78 Å². The Morgan fingerprint density at radius 2 is 2.05 bits per heavy atom. The van der Waals surface area contributed by atoms with Crippen LogP contribution in [0.1, 0.15) is 31.7 Å². The van der Waals surface area contributed by atoms with Crippen molar-refractivity contribution < 1.29 is 13.5 Å². The van der Waals surface area contributed by atoms with Gasteiger partial charge in [0.25, 0.3) is 0 Å². The first-order valence-electron chi connectivity index (χ1n) is 7.70. The number of hydrogen-bond donors (Lipinski definition) is 1. The van der Waals surface area contributed by atoms with Gasteiger partial charge in [0.2, 0.25) is 0 Å². The lowest BCUT2D eigenvalue weighted by Gasteiger charge is -2.34. The molecule has 0 aliphatic carbocycles. The molecule has 0 saturated carbocycles. The number of nitrogens with two attached hydrogens (primary N) is 1. The van der Waals surface area contributed by atoms with E-state index < -0.39 is 11.6 Å². The molecule has 1 aliphatic heterocycles. The summed E-state index contributed by atoms with van der Waals surface area (Å²) in [6, 6.07) is 2.78. The highest BCUT2D eigenvalue weighted by atomic mass is 19.1. The van der Waals surface area contributed by atoms with Crippen molar-refractivity contribution in [2.45, 2.75) is 38.7 Å². The fourth-order valence-electron chi connectivity index (χ4n) is 2.79. The molecule has 21 heavy (non-hydrogen) atoms. The van der Waals surface area contributed by atoms with Gasteiger partial charge in [0.1, 0.15) is 17.3 Å². The van der Waals surface area contributed by atoms with E-state index in [1.54, 1.807) is 4.90 Å². The molecule has 1 aromatic carbocycles. The summed E-state index contributed by atoms with van der Waals surface area (Å²) in [4.78, 5) is 1.76. The highest BCUT2D eigenvalue weighted by Crippen LogP contribution is 2.28. The predicted octanol–water partition coefficient (Wildman–Crippen LogP) is 2.86. The normalized spacial score (nSPS) is 19.0. The van der Waals surface area contributed by atoms with Crippen molar-refractivity contribution in [2.24, 2.45) is 5.73 Å². The second-order valence-corrected chi connectivity index (χ2v) is 5.53. The van der Waals surface area contributed by atoms with E-state index in [1.807, 2.05) is 0 Å². The summed E-state index contributed by atoms with van der Waals surface area (Å²) >= 11 is 0. The lowest BCUT2D eigenvalue weighted by Crippen LogP contribution is -2.40. The zero-order valence-electron chi connectivity index (χ0n) is 12.6. The quantitative estimate of drug-likeness (QED) is 0.877. The SMILES string of the molecule is CCCOC1CCCN(c2c(F)cc(CCN)cc2F)C1. The van der Waals surface area contributed by atoms with Crippen LogP contribution in [0.25, 0.3) is 0 Å². The van der Waals surface area contributed by atoms with Gasteiger partial charge in [-0.15, -0.1) is 0 Å². The second kappa shape index (κ2) is 7.71. The first kappa shape index (κ1) is 16.2. The third kappa shape index (κ3) is 4.14. The molecule has 2 N–H and O–H groups in total. The Bertz CT molecular complexity index is 445. The highest BCUT2D eigenvalue weighted by molar-refractivity contribution is 5.51. The zero-order valence-corrected chi connectivity index (χ0v) is 12.6. The monoisotopic (exact) mass is 298 g/mol. The third-order valence-electron chi connectivity index (χ3n) is 3.76. The number of piperidine rings is 1. The van der Waals surface area contributed by atoms with Crippen molar-refractivity contribution >= 4 is 5.69 Å². The van der Waals surface area contributed by atoms with E-state index in [4.69, 9.17) is 10.5 Å². The summed E-state index contributed by atoms with van der Waals surface area (Å²) < 4.78 is 34.2. The smallest absolute Gasteiger partial charge is 0.149 e. The minimum Gasteiger partial charge on any atom is -0.376 e. The molecule has 1 aliphatic rings. The fourth-order valence-corrected chi connectivity index (χ4v) is 2.79. The number of hydrogen-bond acceptors (Lipinski definition) is 3. The molecule has 1 unspecified atom stereocenters. The molecular weight excluding hydrogens is 274 g/mol. The Balaban J connectivity index is 2.13. The van der Waals surface area contributed by atoms with Crippen LogP contribution in [-0.4, -0.2) is 32.3 Å². The summed E-state index contributed by atoms with van der Waals surface area (Å²) in [5.74, 6) is -1.01. The van der Waals surface area contributed by atoms with Crippen molar-refractivity contribution in [2.75, 3.05) is 31.1 Å². The number of rotatable bonds is 6. The van der Waals surface area contributed by atoms with Gasteiger partial charge in [-0.1, -0.05) is 6.92 Å². The third-order valence-corrected chi connectivity index (χ3v) is 3.76. The van der Waals surface area contributed by atoms with E-state index in [0.717, 1.165) is 19.3 Å². The van der Waals surface area contributed by atoms with Crippen LogP contribution in [0.5, 0.6) is 0 Å². The van der Waals surface area contributed by atoms with Gasteiger partial charge < -0.3 is 15.4 Å². The zero-order chi connectivity index (χ0) is 15.2. The van der Waals surface area contributed by atoms with Gasteiger partial charge in [-0.25, -0.2) is 8.78 Å². The van der Waals surface area contributed by atoms with Crippen molar-refractivity contribution in [1.82, 2.24) is 0 Å². The maximum Gasteiger partial charge on any atom is 0.149 e. The molecule has 0 spiro atoms. The lowest BCUT2D eigenvalue weighted by molar-refractivity contribution is 0.0438. The molecule has 1 atom stereocenters. The van der Waals surface area contributed by atoms with E-state index in [0.29, 0.717) is 38.2 Å². The van der Waals surface area contributed by atoms with E-state index in [1.165, 1.54) is 12.1 Å². The molecule has 5 heteroatoms. The molecule has 0 bridgehead atoms. The van der Waals surface area contributed by atoms with Gasteiger partial charge in [0, 0.05) is 19.7 Å². The van der Waals surface area contributed by atoms with Gasteiger partial charge in [-0.05, 0) is 49.9 Å². The standard InChI is InChI=1S/C16H24F2N2O/c1-2-8-21-13-4-3-7-20(11-13)16-14(17)9-12(5-6-19)10-15(16)18/h9-10,13H,2-8,11,19H2,1H3. The van der Waals surface area contributed by atoms with E-state index >= 15 is 0 Å². The van der Waals surface area contributed by atoms with Crippen molar-refractivity contribution in [3.63, 3.8) is 0 Å². The van der Waals surface area contributed by atoms with Crippen LogP contribution in [0.15, 0.2) is 12.1 Å². The van der Waals surface area contributed by atoms with Gasteiger partial charge in [-0.3, -0.25) is 0 Å². The maximum absolute atomic E-state index is 14.2. The number of benzene rings is 1. The molecule has 1 fully saturated rings. The van der Waals surface area contributed by atoms with Crippen LogP contribution in [0, 0.1) is 11.6 Å². The van der Waals surface area contributed by atoms with Gasteiger partial charge in [0.05, 0.1) is 6.10 Å². The van der Waals surface area contributed by atoms with Crippen LogP contribution >= 0.6 is 0 Å². The Morgan fingerprint density at radius 3 is 2.67 bits per heavy atom. The lowest BCUT2D eigenvalue weighted by atomic mass is 10.1. The van der Waals surface area contributed by atoms with Crippen LogP contribution in [0.2, 0.25) is 0 Å². The second-order valence-electron chi connectivity index (χ2n) is 5.53. The molecule has 1 heterocycles. The Hall–Kier alpha value is -1.20. The molecular formula is C16H24F2N2O. The number of nitrogens with zero attached hydrogens (tertiary/aromatic N) is 1. The Kier molecular flexibility index (Phi) is 5.94. The number of halogens is 2. The summed E-state index contributed by atoms with van der Waals surface area (Å²) in [6.07, 6.45) is 3.33. The summed E-state index contributed by atoms with van der Waals surface area (Å²) in [5, 5.41) is 0. The van der Waals surface area contributed by atoms with Crippen LogP contribution < -0.4 is 10.6 Å². The van der Waals surface area contributed by atoms with Crippen molar-refractivity contribution in [3.05, 3.63) is 29.3 Å². The van der Waals surface area contributed by atoms with Crippen LogP contribution in [0.4, 0.5) is 14.5 Å². The van der Waals surface area contributed by atoms with Gasteiger partial charge >= 0.3 is 0 Å². The Morgan fingerprint density at radius 1 is 1.33 bits per heavy atom. The maximum atomic E-state index is 14.2. The first-order chi connectivity index (χ1) is 10.2. The number of anilines is 1. The summed E-state index contributed by atoms with van der Waals surface area (Å²) in [6.45, 7) is 4.34. The average Bonchev–Trinajstić information content (AvgIpc) is 2.45. The van der Waals surface area contributed by atoms with E-state index in [-0.39, 0.29) is 11.8 Å². The molecule has 3 nitrogen and oxygen atoms in total. The summed E-state index contributed by atoms with van der Waals surface area (Å²) in [5.41, 5.74) is 6.11. The minimum absolute atomic E-state index is 0.0567. The molecule has 0 aromatic heterocycles. The summed E-state index contributed by atoms with van der Waals surface area (Å²) in [7, 11) is 0. The highest BCUT2D eigenvalue weighted by Gasteiger charge is 2.25. The Labute approximate surface area is 125 Å². The van der Waals surface area contributed by atoms with Gasteiger partial charge in [0.15, 0.2) is 0 Å². The van der Waals surface area contributed by atoms with Gasteiger partial charge in [-0.2, -0.15) is 0 Å². The van der Waals surface area contributed by atoms with E-state index in [2.05, 4.69) is 6.92 Å². The largest absolute Gasteiger partial charge is 0.376 e. The molecule has 118 valence electrons. The fraction of sp³-hybridized carbons (Fsp3) is 0.625. The van der Waals surface area contributed by atoms with Crippen molar-refractivity contribution in [3.8, 4) is 0 Å². The molecule has 2 rings (SSSR count). The predicted molar refractivity (Wildman–Crippen MR) is 80.6 cm³/mol. The minimum atomic E-state index is -0.505. The molecule has 1 aromatic rings. The average molecular weight is 298 g/mol. The molecule has 0 amide bonds. The number of ether oxygens (including phenoxy) is 1. The van der Waals surface area contributed by atoms with Crippen molar-refractivity contribution in [1.29, 1.82) is 0 Å². The van der Waals surface area contributed by atoms with Crippen LogP contribution in [0.3, 0.4) is 0 Å².